The maximum Gasteiger partial charge on any atom is 0.192 e. The molecule has 0 amide bonds. The number of Topliss-reactive ketones (excluding diaryl/α,β-unsaturated/α-hetero) is 1. The van der Waals surface area contributed by atoms with Crippen LogP contribution in [-0.2, 0) is 6.61 Å². The quantitative estimate of drug-likeness (QED) is 0.319. The van der Waals surface area contributed by atoms with E-state index in [1.807, 2.05) is 25.1 Å². The fraction of sp³-hybridized carbons (Fsp3) is 0.286. The molecular formula is C21H19Cl2N3O2S. The van der Waals surface area contributed by atoms with E-state index in [0.717, 1.165) is 23.8 Å². The zero-order valence-electron chi connectivity index (χ0n) is 15.7. The van der Waals surface area contributed by atoms with E-state index in [-0.39, 0.29) is 17.6 Å². The van der Waals surface area contributed by atoms with Gasteiger partial charge >= 0.3 is 0 Å². The van der Waals surface area contributed by atoms with Gasteiger partial charge in [-0.3, -0.25) is 9.36 Å². The summed E-state index contributed by atoms with van der Waals surface area (Å²) in [7, 11) is 0. The minimum absolute atomic E-state index is 0.0108. The van der Waals surface area contributed by atoms with Gasteiger partial charge in [0.15, 0.2) is 16.8 Å². The first-order valence-electron chi connectivity index (χ1n) is 9.30. The second kappa shape index (κ2) is 8.78. The number of rotatable bonds is 8. The van der Waals surface area contributed by atoms with E-state index < -0.39 is 0 Å². The summed E-state index contributed by atoms with van der Waals surface area (Å²) in [6.45, 7) is 2.14. The highest BCUT2D eigenvalue weighted by Crippen LogP contribution is 2.40. The van der Waals surface area contributed by atoms with Crippen LogP contribution in [0.15, 0.2) is 53.7 Å². The molecule has 0 aliphatic heterocycles. The third-order valence-electron chi connectivity index (χ3n) is 4.60. The van der Waals surface area contributed by atoms with Gasteiger partial charge in [0.1, 0.15) is 12.4 Å². The van der Waals surface area contributed by atoms with Gasteiger partial charge in [-0.1, -0.05) is 59.2 Å². The number of benzene rings is 2. The molecule has 1 heterocycles. The van der Waals surface area contributed by atoms with Crippen LogP contribution in [0.4, 0.5) is 0 Å². The molecule has 1 unspecified atom stereocenters. The second-order valence-electron chi connectivity index (χ2n) is 6.85. The van der Waals surface area contributed by atoms with Crippen LogP contribution in [0, 0.1) is 0 Å². The molecule has 1 fully saturated rings. The fourth-order valence-corrected chi connectivity index (χ4v) is 4.37. The van der Waals surface area contributed by atoms with Crippen molar-refractivity contribution in [2.75, 3.05) is 0 Å². The maximum atomic E-state index is 12.8. The molecule has 8 heteroatoms. The van der Waals surface area contributed by atoms with Crippen LogP contribution in [0.3, 0.4) is 0 Å². The molecule has 4 rings (SSSR count). The standard InChI is InChI=1S/C21H19Cl2N3O2S/c1-13(20(27)14-5-4-6-15(22)11-14)29-21-25-24-19(26(21)16-9-10-16)12-28-18-8-3-2-7-17(18)23/h2-8,11,13,16H,9-10,12H2,1H3. The molecule has 0 spiro atoms. The van der Waals surface area contributed by atoms with Crippen molar-refractivity contribution in [3.05, 3.63) is 70.0 Å². The Balaban J connectivity index is 1.49. The molecule has 3 aromatic rings. The number of halogens is 2. The average Bonchev–Trinajstić information content (AvgIpc) is 3.48. The molecule has 29 heavy (non-hydrogen) atoms. The van der Waals surface area contributed by atoms with Gasteiger partial charge in [0.05, 0.1) is 10.3 Å². The van der Waals surface area contributed by atoms with E-state index in [4.69, 9.17) is 27.9 Å². The van der Waals surface area contributed by atoms with Crippen LogP contribution < -0.4 is 4.74 Å². The number of carbonyl (C=O) groups is 1. The number of hydrogen-bond acceptors (Lipinski definition) is 5. The Hall–Kier alpha value is -2.02. The normalized spacial score (nSPS) is 14.6. The van der Waals surface area contributed by atoms with Gasteiger partial charge in [0.2, 0.25) is 0 Å². The minimum Gasteiger partial charge on any atom is -0.484 e. The van der Waals surface area contributed by atoms with Gasteiger partial charge < -0.3 is 4.74 Å². The zero-order chi connectivity index (χ0) is 20.4. The number of carbonyl (C=O) groups excluding carboxylic acids is 1. The number of hydrogen-bond donors (Lipinski definition) is 0. The molecule has 1 atom stereocenters. The first-order valence-corrected chi connectivity index (χ1v) is 10.9. The van der Waals surface area contributed by atoms with Crippen LogP contribution in [0.25, 0.3) is 0 Å². The SMILES string of the molecule is CC(Sc1nnc(COc2ccccc2Cl)n1C1CC1)C(=O)c1cccc(Cl)c1. The summed E-state index contributed by atoms with van der Waals surface area (Å²) in [6.07, 6.45) is 2.14. The summed E-state index contributed by atoms with van der Waals surface area (Å²) in [5, 5.41) is 10.2. The molecule has 1 aliphatic rings. The predicted octanol–water partition coefficient (Wildman–Crippen LogP) is 5.86. The van der Waals surface area contributed by atoms with E-state index >= 15 is 0 Å². The zero-order valence-corrected chi connectivity index (χ0v) is 18.0. The van der Waals surface area contributed by atoms with E-state index in [1.54, 1.807) is 30.3 Å². The molecule has 1 aromatic heterocycles. The largest absolute Gasteiger partial charge is 0.484 e. The van der Waals surface area contributed by atoms with Crippen LogP contribution in [-0.4, -0.2) is 25.8 Å². The summed E-state index contributed by atoms with van der Waals surface area (Å²) in [6, 6.07) is 14.7. The molecular weight excluding hydrogens is 429 g/mol. The van der Waals surface area contributed by atoms with Crippen molar-refractivity contribution < 1.29 is 9.53 Å². The van der Waals surface area contributed by atoms with Gasteiger partial charge in [-0.05, 0) is 44.0 Å². The maximum absolute atomic E-state index is 12.8. The molecule has 1 aliphatic carbocycles. The molecule has 5 nitrogen and oxygen atoms in total. The summed E-state index contributed by atoms with van der Waals surface area (Å²) in [4.78, 5) is 12.8. The van der Waals surface area contributed by atoms with Crippen molar-refractivity contribution in [2.45, 2.75) is 42.8 Å². The molecule has 0 bridgehead atoms. The van der Waals surface area contributed by atoms with E-state index in [2.05, 4.69) is 14.8 Å². The molecule has 0 radical (unpaired) electrons. The van der Waals surface area contributed by atoms with Crippen molar-refractivity contribution in [3.63, 3.8) is 0 Å². The van der Waals surface area contributed by atoms with Crippen molar-refractivity contribution in [2.24, 2.45) is 0 Å². The van der Waals surface area contributed by atoms with Crippen LogP contribution >= 0.6 is 35.0 Å². The van der Waals surface area contributed by atoms with Crippen LogP contribution in [0.2, 0.25) is 10.0 Å². The first-order chi connectivity index (χ1) is 14.0. The predicted molar refractivity (Wildman–Crippen MR) is 115 cm³/mol. The lowest BCUT2D eigenvalue weighted by Crippen LogP contribution is -2.15. The Kier molecular flexibility index (Phi) is 6.13. The minimum atomic E-state index is -0.312. The lowest BCUT2D eigenvalue weighted by molar-refractivity contribution is 0.0994. The van der Waals surface area contributed by atoms with Gasteiger partial charge in [-0.25, -0.2) is 0 Å². The number of thioether (sulfide) groups is 1. The number of ether oxygens (including phenoxy) is 1. The van der Waals surface area contributed by atoms with Crippen molar-refractivity contribution in [1.82, 2.24) is 14.8 Å². The fourth-order valence-electron chi connectivity index (χ4n) is 2.98. The van der Waals surface area contributed by atoms with E-state index in [9.17, 15) is 4.79 Å². The van der Waals surface area contributed by atoms with Crippen LogP contribution in [0.1, 0.15) is 42.0 Å². The lowest BCUT2D eigenvalue weighted by Gasteiger charge is -2.13. The van der Waals surface area contributed by atoms with Crippen molar-refractivity contribution in [1.29, 1.82) is 0 Å². The number of para-hydroxylation sites is 1. The first kappa shape index (κ1) is 20.3. The van der Waals surface area contributed by atoms with Gasteiger partial charge in [-0.2, -0.15) is 0 Å². The molecule has 0 N–H and O–H groups in total. The Labute approximate surface area is 183 Å². The molecule has 2 aromatic carbocycles. The Bertz CT molecular complexity index is 1040. The monoisotopic (exact) mass is 447 g/mol. The third-order valence-corrected chi connectivity index (χ3v) is 6.21. The molecule has 150 valence electrons. The molecule has 0 saturated heterocycles. The van der Waals surface area contributed by atoms with Gasteiger partial charge in [0, 0.05) is 16.6 Å². The van der Waals surface area contributed by atoms with Crippen molar-refractivity contribution in [3.8, 4) is 5.75 Å². The smallest absolute Gasteiger partial charge is 0.192 e. The number of aromatic nitrogens is 3. The average molecular weight is 448 g/mol. The third kappa shape index (κ3) is 4.77. The Morgan fingerprint density at radius 2 is 2.00 bits per heavy atom. The second-order valence-corrected chi connectivity index (χ2v) is 9.01. The number of ketones is 1. The Morgan fingerprint density at radius 3 is 2.72 bits per heavy atom. The van der Waals surface area contributed by atoms with Crippen molar-refractivity contribution >= 4 is 40.7 Å². The topological polar surface area (TPSA) is 57.0 Å². The Morgan fingerprint density at radius 1 is 1.21 bits per heavy atom. The highest BCUT2D eigenvalue weighted by molar-refractivity contribution is 8.00. The van der Waals surface area contributed by atoms with Crippen LogP contribution in [0.5, 0.6) is 5.75 Å². The summed E-state index contributed by atoms with van der Waals surface area (Å²) in [5.41, 5.74) is 0.595. The van der Waals surface area contributed by atoms with Gasteiger partial charge in [0.25, 0.3) is 0 Å². The summed E-state index contributed by atoms with van der Waals surface area (Å²) in [5.74, 6) is 1.35. The summed E-state index contributed by atoms with van der Waals surface area (Å²) < 4.78 is 7.93. The highest BCUT2D eigenvalue weighted by Gasteiger charge is 2.31. The number of nitrogens with zero attached hydrogens (tertiary/aromatic N) is 3. The van der Waals surface area contributed by atoms with Gasteiger partial charge in [-0.15, -0.1) is 10.2 Å². The van der Waals surface area contributed by atoms with E-state index in [0.29, 0.717) is 27.4 Å². The summed E-state index contributed by atoms with van der Waals surface area (Å²) >= 11 is 13.6. The van der Waals surface area contributed by atoms with E-state index in [1.165, 1.54) is 11.8 Å². The lowest BCUT2D eigenvalue weighted by atomic mass is 10.1. The highest BCUT2D eigenvalue weighted by atomic mass is 35.5. The molecule has 1 saturated carbocycles.